The highest BCUT2D eigenvalue weighted by Gasteiger charge is 2.31. The molecule has 30 heavy (non-hydrogen) atoms. The number of alkyl halides is 2. The molecule has 8 heteroatoms. The summed E-state index contributed by atoms with van der Waals surface area (Å²) in [5.41, 5.74) is 2.96. The monoisotopic (exact) mass is 417 g/mol. The number of aromatic nitrogens is 1. The summed E-state index contributed by atoms with van der Waals surface area (Å²) in [4.78, 5) is 18.3. The van der Waals surface area contributed by atoms with Crippen molar-refractivity contribution in [1.29, 1.82) is 0 Å². The number of carbonyl (C=O) groups excluding carboxylic acids is 1. The first-order valence-electron chi connectivity index (χ1n) is 10.1. The number of hydrogen-bond acceptors (Lipinski definition) is 5. The van der Waals surface area contributed by atoms with Crippen LogP contribution in [0, 0.1) is 12.8 Å². The summed E-state index contributed by atoms with van der Waals surface area (Å²) in [7, 11) is 0. The lowest BCUT2D eigenvalue weighted by Gasteiger charge is -2.36. The fourth-order valence-corrected chi connectivity index (χ4v) is 4.15. The lowest BCUT2D eigenvalue weighted by atomic mass is 9.87. The Morgan fingerprint density at radius 2 is 1.97 bits per heavy atom. The molecule has 1 fully saturated rings. The van der Waals surface area contributed by atoms with Crippen molar-refractivity contribution < 1.29 is 23.0 Å². The first kappa shape index (κ1) is 20.5. The molecule has 1 saturated heterocycles. The van der Waals surface area contributed by atoms with Crippen LogP contribution < -0.4 is 14.8 Å². The molecule has 0 radical (unpaired) electrons. The van der Waals surface area contributed by atoms with Crippen molar-refractivity contribution in [3.8, 4) is 11.5 Å². The van der Waals surface area contributed by atoms with Crippen LogP contribution in [0.15, 0.2) is 36.5 Å². The molecule has 1 N–H and O–H groups in total. The van der Waals surface area contributed by atoms with Crippen molar-refractivity contribution in [3.63, 3.8) is 0 Å². The number of halogens is 2. The van der Waals surface area contributed by atoms with Gasteiger partial charge in [0.15, 0.2) is 11.5 Å². The molecule has 0 saturated carbocycles. The molecule has 160 valence electrons. The number of rotatable bonds is 6. The second-order valence-electron chi connectivity index (χ2n) is 7.79. The zero-order chi connectivity index (χ0) is 21.1. The first-order chi connectivity index (χ1) is 14.5. The largest absolute Gasteiger partial charge is 0.454 e. The summed E-state index contributed by atoms with van der Waals surface area (Å²) in [5.74, 6) is 0.360. The minimum absolute atomic E-state index is 0.0525. The number of likely N-dealkylation sites (tertiary alicyclic amines) is 1. The van der Waals surface area contributed by atoms with E-state index < -0.39 is 18.4 Å². The van der Waals surface area contributed by atoms with Crippen LogP contribution in [-0.2, 0) is 11.3 Å². The van der Waals surface area contributed by atoms with E-state index in [9.17, 15) is 13.6 Å². The first-order valence-corrected chi connectivity index (χ1v) is 10.1. The molecule has 6 nitrogen and oxygen atoms in total. The van der Waals surface area contributed by atoms with E-state index in [-0.39, 0.29) is 12.7 Å². The van der Waals surface area contributed by atoms with Gasteiger partial charge in [0, 0.05) is 12.7 Å². The number of nitrogens with one attached hydrogen (secondary N) is 1. The maximum absolute atomic E-state index is 12.8. The topological polar surface area (TPSA) is 63.7 Å². The average Bonchev–Trinajstić information content (AvgIpc) is 3.20. The average molecular weight is 417 g/mol. The Labute approximate surface area is 174 Å². The Bertz CT molecular complexity index is 887. The van der Waals surface area contributed by atoms with Crippen molar-refractivity contribution in [3.05, 3.63) is 53.3 Å². The maximum atomic E-state index is 12.8. The van der Waals surface area contributed by atoms with Gasteiger partial charge < -0.3 is 14.8 Å². The van der Waals surface area contributed by atoms with Crippen molar-refractivity contribution >= 4 is 5.91 Å². The predicted octanol–water partition coefficient (Wildman–Crippen LogP) is 3.45. The third kappa shape index (κ3) is 4.53. The Kier molecular flexibility index (Phi) is 6.13. The summed E-state index contributed by atoms with van der Waals surface area (Å²) in [6, 6.07) is 8.87. The van der Waals surface area contributed by atoms with Crippen molar-refractivity contribution in [2.45, 2.75) is 38.8 Å². The highest BCUT2D eigenvalue weighted by atomic mass is 19.3. The second kappa shape index (κ2) is 8.95. The SMILES string of the molecule is Cc1cc2c(cc1CN1CCC([C@H](NC(=O)C(F)F)c3ccccn3)CC1)OCO2. The fourth-order valence-electron chi connectivity index (χ4n) is 4.15. The van der Waals surface area contributed by atoms with Gasteiger partial charge in [-0.15, -0.1) is 0 Å². The van der Waals surface area contributed by atoms with Crippen LogP contribution in [0.3, 0.4) is 0 Å². The van der Waals surface area contributed by atoms with Gasteiger partial charge in [-0.1, -0.05) is 6.07 Å². The molecule has 2 aliphatic rings. The molecule has 1 amide bonds. The van der Waals surface area contributed by atoms with Crippen molar-refractivity contribution in [2.24, 2.45) is 5.92 Å². The molecule has 1 aromatic heterocycles. The Morgan fingerprint density at radius 3 is 2.63 bits per heavy atom. The molecule has 1 atom stereocenters. The highest BCUT2D eigenvalue weighted by Crippen LogP contribution is 2.36. The summed E-state index contributed by atoms with van der Waals surface area (Å²) >= 11 is 0. The molecule has 0 aliphatic carbocycles. The number of aryl methyl sites for hydroxylation is 1. The number of hydrogen-bond donors (Lipinski definition) is 1. The number of benzene rings is 1. The minimum Gasteiger partial charge on any atom is -0.454 e. The van der Waals surface area contributed by atoms with Crippen LogP contribution in [0.2, 0.25) is 0 Å². The smallest absolute Gasteiger partial charge is 0.315 e. The number of nitrogens with zero attached hydrogens (tertiary/aromatic N) is 2. The maximum Gasteiger partial charge on any atom is 0.315 e. The van der Waals surface area contributed by atoms with Crippen LogP contribution >= 0.6 is 0 Å². The van der Waals surface area contributed by atoms with Gasteiger partial charge in [0.05, 0.1) is 11.7 Å². The van der Waals surface area contributed by atoms with E-state index in [1.807, 2.05) is 12.1 Å². The van der Waals surface area contributed by atoms with Crippen LogP contribution in [0.1, 0.15) is 35.7 Å². The van der Waals surface area contributed by atoms with E-state index in [4.69, 9.17) is 9.47 Å². The van der Waals surface area contributed by atoms with Gasteiger partial charge >= 0.3 is 6.43 Å². The molecule has 0 unspecified atom stereocenters. The van der Waals surface area contributed by atoms with E-state index in [0.717, 1.165) is 49.5 Å². The van der Waals surface area contributed by atoms with E-state index in [0.29, 0.717) is 5.69 Å². The molecule has 1 aromatic carbocycles. The number of piperidine rings is 1. The van der Waals surface area contributed by atoms with Crippen LogP contribution in [0.4, 0.5) is 8.78 Å². The van der Waals surface area contributed by atoms with E-state index in [1.165, 1.54) is 5.56 Å². The van der Waals surface area contributed by atoms with E-state index in [2.05, 4.69) is 22.1 Å². The summed E-state index contributed by atoms with van der Waals surface area (Å²) < 4.78 is 36.6. The number of amides is 1. The Morgan fingerprint density at radius 1 is 1.23 bits per heavy atom. The highest BCUT2D eigenvalue weighted by molar-refractivity contribution is 5.79. The lowest BCUT2D eigenvalue weighted by molar-refractivity contribution is -0.133. The van der Waals surface area contributed by atoms with Gasteiger partial charge in [0.1, 0.15) is 0 Å². The quantitative estimate of drug-likeness (QED) is 0.780. The standard InChI is InChI=1S/C22H25F2N3O3/c1-14-10-18-19(30-13-29-18)11-16(14)12-27-8-5-15(6-9-27)20(26-22(28)21(23)24)17-4-2-3-7-25-17/h2-4,7,10-11,15,20-21H,5-6,8-9,12-13H2,1H3,(H,26,28)/t20-/m0/s1. The number of ether oxygens (including phenoxy) is 2. The molecular weight excluding hydrogens is 392 g/mol. The molecule has 0 spiro atoms. The molecular formula is C22H25F2N3O3. The molecule has 3 heterocycles. The van der Waals surface area contributed by atoms with E-state index in [1.54, 1.807) is 24.4 Å². The molecule has 2 aromatic rings. The fraction of sp³-hybridized carbons (Fsp3) is 0.455. The van der Waals surface area contributed by atoms with Crippen LogP contribution in [0.5, 0.6) is 11.5 Å². The van der Waals surface area contributed by atoms with E-state index >= 15 is 0 Å². The van der Waals surface area contributed by atoms with Gasteiger partial charge in [-0.2, -0.15) is 8.78 Å². The summed E-state index contributed by atoms with van der Waals surface area (Å²) in [5, 5.41) is 2.50. The molecule has 4 rings (SSSR count). The Hall–Kier alpha value is -2.74. The van der Waals surface area contributed by atoms with Crippen molar-refractivity contribution in [2.75, 3.05) is 19.9 Å². The third-order valence-corrected chi connectivity index (χ3v) is 5.83. The number of pyridine rings is 1. The second-order valence-corrected chi connectivity index (χ2v) is 7.79. The van der Waals surface area contributed by atoms with Crippen LogP contribution in [-0.4, -0.2) is 42.1 Å². The van der Waals surface area contributed by atoms with Crippen molar-refractivity contribution in [1.82, 2.24) is 15.2 Å². The van der Waals surface area contributed by atoms with Gasteiger partial charge in [0.2, 0.25) is 6.79 Å². The normalized spacial score (nSPS) is 17.9. The van der Waals surface area contributed by atoms with Gasteiger partial charge in [-0.3, -0.25) is 14.7 Å². The predicted molar refractivity (Wildman–Crippen MR) is 106 cm³/mol. The molecule has 0 bridgehead atoms. The van der Waals surface area contributed by atoms with Gasteiger partial charge in [-0.05, 0) is 74.2 Å². The zero-order valence-corrected chi connectivity index (χ0v) is 16.8. The minimum atomic E-state index is -3.04. The lowest BCUT2D eigenvalue weighted by Crippen LogP contribution is -2.42. The number of carbonyl (C=O) groups is 1. The Balaban J connectivity index is 1.41. The summed E-state index contributed by atoms with van der Waals surface area (Å²) in [6.45, 7) is 4.72. The van der Waals surface area contributed by atoms with Crippen LogP contribution in [0.25, 0.3) is 0 Å². The molecule has 2 aliphatic heterocycles. The van der Waals surface area contributed by atoms with Gasteiger partial charge in [-0.25, -0.2) is 0 Å². The van der Waals surface area contributed by atoms with Gasteiger partial charge in [0.25, 0.3) is 5.91 Å². The zero-order valence-electron chi connectivity index (χ0n) is 16.8. The third-order valence-electron chi connectivity index (χ3n) is 5.83. The number of fused-ring (bicyclic) bond motifs is 1. The summed E-state index contributed by atoms with van der Waals surface area (Å²) in [6.07, 6.45) is 0.155.